The van der Waals surface area contributed by atoms with E-state index >= 15 is 0 Å². The summed E-state index contributed by atoms with van der Waals surface area (Å²) in [5.74, 6) is 0.826. The van der Waals surface area contributed by atoms with E-state index in [2.05, 4.69) is 37.2 Å². The first-order valence-corrected chi connectivity index (χ1v) is 7.07. The van der Waals surface area contributed by atoms with E-state index in [9.17, 15) is 5.11 Å². The fraction of sp³-hybridized carbons (Fsp3) is 0.500. The molecule has 0 saturated carbocycles. The van der Waals surface area contributed by atoms with Crippen LogP contribution in [0.4, 0.5) is 0 Å². The molecule has 1 atom stereocenters. The van der Waals surface area contributed by atoms with Gasteiger partial charge in [-0.3, -0.25) is 0 Å². The van der Waals surface area contributed by atoms with Crippen LogP contribution < -0.4 is 10.1 Å². The molecule has 0 aromatic heterocycles. The molecule has 0 amide bonds. The van der Waals surface area contributed by atoms with Crippen molar-refractivity contribution >= 4 is 31.9 Å². The Kier molecular flexibility index (Phi) is 6.48. The van der Waals surface area contributed by atoms with Crippen LogP contribution in [0, 0.1) is 0 Å². The molecular weight excluding hydrogens is 350 g/mol. The molecule has 1 rings (SSSR count). The van der Waals surface area contributed by atoms with Gasteiger partial charge in [0, 0.05) is 23.1 Å². The van der Waals surface area contributed by atoms with Crippen LogP contribution in [-0.2, 0) is 6.54 Å². The van der Waals surface area contributed by atoms with Crippen LogP contribution in [0.25, 0.3) is 0 Å². The van der Waals surface area contributed by atoms with Gasteiger partial charge in [-0.15, -0.1) is 0 Å². The summed E-state index contributed by atoms with van der Waals surface area (Å²) in [5.41, 5.74) is 1.05. The van der Waals surface area contributed by atoms with E-state index < -0.39 is 0 Å². The second kappa shape index (κ2) is 7.36. The molecule has 0 bridgehead atoms. The smallest absolute Gasteiger partial charge is 0.137 e. The molecule has 0 saturated heterocycles. The molecule has 0 radical (unpaired) electrons. The molecule has 5 heteroatoms. The Bertz CT molecular complexity index is 372. The van der Waals surface area contributed by atoms with E-state index in [1.807, 2.05) is 19.1 Å². The van der Waals surface area contributed by atoms with Crippen LogP contribution in [0.5, 0.6) is 5.75 Å². The Morgan fingerprint density at radius 1 is 1.41 bits per heavy atom. The number of aliphatic hydroxyl groups excluding tert-OH is 1. The largest absolute Gasteiger partial charge is 0.495 e. The first kappa shape index (κ1) is 15.0. The van der Waals surface area contributed by atoms with Gasteiger partial charge in [-0.05, 0) is 34.5 Å². The summed E-state index contributed by atoms with van der Waals surface area (Å²) in [5, 5.41) is 12.7. The van der Waals surface area contributed by atoms with Crippen molar-refractivity contribution in [1.82, 2.24) is 5.32 Å². The van der Waals surface area contributed by atoms with Crippen molar-refractivity contribution < 1.29 is 9.84 Å². The van der Waals surface area contributed by atoms with E-state index in [1.165, 1.54) is 0 Å². The van der Waals surface area contributed by atoms with Gasteiger partial charge in [0.25, 0.3) is 0 Å². The summed E-state index contributed by atoms with van der Waals surface area (Å²) >= 11 is 6.91. The highest BCUT2D eigenvalue weighted by Gasteiger charge is 2.09. The van der Waals surface area contributed by atoms with Gasteiger partial charge in [0.05, 0.1) is 17.7 Å². The second-order valence-electron chi connectivity index (χ2n) is 3.77. The van der Waals surface area contributed by atoms with Crippen LogP contribution in [-0.4, -0.2) is 24.9 Å². The Morgan fingerprint density at radius 2 is 2.12 bits per heavy atom. The summed E-state index contributed by atoms with van der Waals surface area (Å²) < 4.78 is 7.26. The van der Waals surface area contributed by atoms with Crippen molar-refractivity contribution in [3.8, 4) is 5.75 Å². The third-order valence-electron chi connectivity index (χ3n) is 2.46. The number of methoxy groups -OCH3 is 1. The third kappa shape index (κ3) is 4.58. The molecule has 2 N–H and O–H groups in total. The second-order valence-corrected chi connectivity index (χ2v) is 5.54. The van der Waals surface area contributed by atoms with E-state index in [0.717, 1.165) is 26.7 Å². The first-order chi connectivity index (χ1) is 8.08. The van der Waals surface area contributed by atoms with E-state index in [4.69, 9.17) is 4.74 Å². The van der Waals surface area contributed by atoms with Crippen molar-refractivity contribution in [2.45, 2.75) is 26.0 Å². The zero-order valence-electron chi connectivity index (χ0n) is 9.96. The summed E-state index contributed by atoms with van der Waals surface area (Å²) in [4.78, 5) is 0. The molecule has 0 spiro atoms. The van der Waals surface area contributed by atoms with Crippen LogP contribution in [0.3, 0.4) is 0 Å². The normalized spacial score (nSPS) is 12.5. The lowest BCUT2D eigenvalue weighted by Gasteiger charge is -2.13. The van der Waals surface area contributed by atoms with Crippen molar-refractivity contribution in [2.75, 3.05) is 13.7 Å². The highest BCUT2D eigenvalue weighted by molar-refractivity contribution is 9.11. The Balaban J connectivity index is 2.69. The van der Waals surface area contributed by atoms with Gasteiger partial charge in [-0.2, -0.15) is 0 Å². The number of nitrogens with one attached hydrogen (secondary N) is 1. The number of ether oxygens (including phenoxy) is 1. The van der Waals surface area contributed by atoms with Crippen LogP contribution in [0.1, 0.15) is 18.9 Å². The van der Waals surface area contributed by atoms with Crippen LogP contribution in [0.15, 0.2) is 21.1 Å². The third-order valence-corrected chi connectivity index (χ3v) is 3.50. The lowest BCUT2D eigenvalue weighted by Crippen LogP contribution is -2.25. The summed E-state index contributed by atoms with van der Waals surface area (Å²) in [6, 6.07) is 3.96. The highest BCUT2D eigenvalue weighted by Crippen LogP contribution is 2.32. The summed E-state index contributed by atoms with van der Waals surface area (Å²) in [6.07, 6.45) is 0.461. The maximum absolute atomic E-state index is 9.46. The van der Waals surface area contributed by atoms with Crippen molar-refractivity contribution in [2.24, 2.45) is 0 Å². The zero-order chi connectivity index (χ0) is 12.8. The molecule has 1 aromatic carbocycles. The minimum absolute atomic E-state index is 0.295. The fourth-order valence-electron chi connectivity index (χ4n) is 1.49. The van der Waals surface area contributed by atoms with Gasteiger partial charge in [0.15, 0.2) is 0 Å². The zero-order valence-corrected chi connectivity index (χ0v) is 13.1. The molecular formula is C12H17Br2NO2. The number of halogens is 2. The topological polar surface area (TPSA) is 41.5 Å². The van der Waals surface area contributed by atoms with Gasteiger partial charge in [-0.1, -0.05) is 22.9 Å². The maximum atomic E-state index is 9.46. The molecule has 0 aliphatic heterocycles. The molecule has 3 nitrogen and oxygen atoms in total. The lowest BCUT2D eigenvalue weighted by molar-refractivity contribution is 0.167. The number of benzene rings is 1. The van der Waals surface area contributed by atoms with Crippen molar-refractivity contribution in [1.29, 1.82) is 0 Å². The van der Waals surface area contributed by atoms with Gasteiger partial charge in [0.1, 0.15) is 5.75 Å². The quantitative estimate of drug-likeness (QED) is 0.812. The number of rotatable bonds is 6. The molecule has 0 fully saturated rings. The Morgan fingerprint density at radius 3 is 2.71 bits per heavy atom. The minimum atomic E-state index is -0.295. The van der Waals surface area contributed by atoms with Crippen molar-refractivity contribution in [3.63, 3.8) is 0 Å². The lowest BCUT2D eigenvalue weighted by atomic mass is 10.2. The first-order valence-electron chi connectivity index (χ1n) is 5.49. The van der Waals surface area contributed by atoms with Crippen LogP contribution in [0.2, 0.25) is 0 Å². The molecule has 0 heterocycles. The van der Waals surface area contributed by atoms with Crippen LogP contribution >= 0.6 is 31.9 Å². The van der Waals surface area contributed by atoms with Gasteiger partial charge < -0.3 is 15.2 Å². The summed E-state index contributed by atoms with van der Waals surface area (Å²) in [6.45, 7) is 3.21. The number of aliphatic hydroxyl groups is 1. The van der Waals surface area contributed by atoms with Crippen molar-refractivity contribution in [3.05, 3.63) is 26.6 Å². The molecule has 96 valence electrons. The van der Waals surface area contributed by atoms with Gasteiger partial charge in [-0.25, -0.2) is 0 Å². The highest BCUT2D eigenvalue weighted by atomic mass is 79.9. The molecule has 0 aliphatic rings. The van der Waals surface area contributed by atoms with E-state index in [1.54, 1.807) is 7.11 Å². The monoisotopic (exact) mass is 365 g/mol. The Hall–Kier alpha value is -0.100. The summed E-state index contributed by atoms with van der Waals surface area (Å²) in [7, 11) is 1.65. The van der Waals surface area contributed by atoms with Gasteiger partial charge in [0.2, 0.25) is 0 Å². The molecule has 17 heavy (non-hydrogen) atoms. The SMILES string of the molecule is CCC(O)CNCc1cc(Br)cc(Br)c1OC. The number of hydrogen-bond donors (Lipinski definition) is 2. The molecule has 1 unspecified atom stereocenters. The fourth-order valence-corrected chi connectivity index (χ4v) is 2.97. The van der Waals surface area contributed by atoms with E-state index in [-0.39, 0.29) is 6.10 Å². The maximum Gasteiger partial charge on any atom is 0.137 e. The average molecular weight is 367 g/mol. The minimum Gasteiger partial charge on any atom is -0.495 e. The Labute approximate surface area is 119 Å². The molecule has 1 aromatic rings. The predicted octanol–water partition coefficient (Wildman–Crippen LogP) is 3.08. The van der Waals surface area contributed by atoms with Gasteiger partial charge >= 0.3 is 0 Å². The van der Waals surface area contributed by atoms with E-state index in [0.29, 0.717) is 13.1 Å². The number of hydrogen-bond acceptors (Lipinski definition) is 3. The average Bonchev–Trinajstić information content (AvgIpc) is 2.28. The predicted molar refractivity (Wildman–Crippen MR) is 76.4 cm³/mol. The molecule has 0 aliphatic carbocycles. The standard InChI is InChI=1S/C12H17Br2NO2/c1-3-10(16)7-15-6-8-4-9(13)5-11(14)12(8)17-2/h4-5,10,15-16H,3,6-7H2,1-2H3.